The molecule has 0 spiro atoms. The van der Waals surface area contributed by atoms with Crippen LogP contribution in [0, 0.1) is 0 Å². The van der Waals surface area contributed by atoms with Crippen molar-refractivity contribution in [3.05, 3.63) is 149 Å². The number of para-hydroxylation sites is 1. The van der Waals surface area contributed by atoms with Crippen molar-refractivity contribution in [2.45, 2.75) is 123 Å². The molecule has 3 nitrogen and oxygen atoms in total. The fraction of sp³-hybridized carbons (Fsp3) is 0.302. The lowest BCUT2D eigenvalue weighted by atomic mass is 9.46. The highest BCUT2D eigenvalue weighted by atomic mass is 32.1. The number of thiophene rings is 1. The van der Waals surface area contributed by atoms with Gasteiger partial charge in [-0.2, -0.15) is 0 Å². The number of anilines is 2. The van der Waals surface area contributed by atoms with Gasteiger partial charge < -0.3 is 13.8 Å². The Bertz CT molecular complexity index is 3910. The molecule has 0 saturated carbocycles. The van der Waals surface area contributed by atoms with Gasteiger partial charge in [0.15, 0.2) is 0 Å². The van der Waals surface area contributed by atoms with Crippen molar-refractivity contribution in [2.75, 3.05) is 4.81 Å². The molecule has 0 fully saturated rings. The first-order chi connectivity index (χ1) is 32.2. The number of rotatable bonds is 1. The van der Waals surface area contributed by atoms with Crippen LogP contribution < -0.4 is 15.1 Å². The van der Waals surface area contributed by atoms with Crippen LogP contribution in [0.1, 0.15) is 129 Å². The highest BCUT2D eigenvalue weighted by Gasteiger charge is 2.50. The average molecular weight is 903 g/mol. The third-order valence-corrected chi connectivity index (χ3v) is 18.5. The maximum Gasteiger partial charge on any atom is 0.343 e. The predicted octanol–water partition coefficient (Wildman–Crippen LogP) is 16.4. The average Bonchev–Trinajstić information content (AvgIpc) is 4.03. The Morgan fingerprint density at radius 2 is 1.26 bits per heavy atom. The monoisotopic (exact) mass is 902 g/mol. The second kappa shape index (κ2) is 12.8. The topological polar surface area (TPSA) is 21.3 Å². The summed E-state index contributed by atoms with van der Waals surface area (Å²) >= 11 is 2.00. The molecule has 336 valence electrons. The Hall–Kier alpha value is -6.04. The fourth-order valence-corrected chi connectivity index (χ4v) is 14.7. The number of nitrogens with zero attached hydrogens (tertiary/aromatic N) is 2. The minimum absolute atomic E-state index is 0.0126. The van der Waals surface area contributed by atoms with Crippen LogP contribution in [0.5, 0.6) is 0 Å². The zero-order chi connectivity index (χ0) is 46.9. The summed E-state index contributed by atoms with van der Waals surface area (Å²) in [7, 11) is 0. The van der Waals surface area contributed by atoms with Gasteiger partial charge >= 0.3 is 6.85 Å². The van der Waals surface area contributed by atoms with E-state index in [-0.39, 0.29) is 33.9 Å². The summed E-state index contributed by atoms with van der Waals surface area (Å²) < 4.78 is 12.9. The summed E-state index contributed by atoms with van der Waals surface area (Å²) in [6.45, 7) is 28.7. The van der Waals surface area contributed by atoms with Crippen LogP contribution >= 0.6 is 11.3 Å². The molecule has 3 aromatic heterocycles. The normalized spacial score (nSPS) is 17.3. The molecule has 7 aromatic carbocycles. The zero-order valence-corrected chi connectivity index (χ0v) is 42.5. The SMILES string of the molecule is CC(C)(C)c1ccc(N2B3c4sc5ccc(C(C)(C)C)cc5c4-n4c5cc6c(cc5c5c7oc8ccccc8c7c(c3c54)-c3cc4c(cc32)C(C)(C)c2ccccc2-4)C(C)(C)CCC6(C)C)cc1. The molecule has 0 saturated heterocycles. The van der Waals surface area contributed by atoms with E-state index in [1.165, 1.54) is 126 Å². The molecule has 0 bridgehead atoms. The van der Waals surface area contributed by atoms with E-state index in [0.29, 0.717) is 0 Å². The Morgan fingerprint density at radius 3 is 2.00 bits per heavy atom. The van der Waals surface area contributed by atoms with E-state index in [4.69, 9.17) is 4.42 Å². The van der Waals surface area contributed by atoms with Crippen LogP contribution in [0.4, 0.5) is 11.4 Å². The van der Waals surface area contributed by atoms with Gasteiger partial charge in [-0.1, -0.05) is 144 Å². The summed E-state index contributed by atoms with van der Waals surface area (Å²) in [6.07, 6.45) is 2.32. The minimum Gasteiger partial charge on any atom is -0.455 e. The molecule has 0 N–H and O–H groups in total. The van der Waals surface area contributed by atoms with Gasteiger partial charge in [-0.25, -0.2) is 0 Å². The van der Waals surface area contributed by atoms with Crippen molar-refractivity contribution >= 4 is 93.6 Å². The molecule has 0 radical (unpaired) electrons. The molecule has 5 heteroatoms. The van der Waals surface area contributed by atoms with Gasteiger partial charge in [0.05, 0.1) is 22.1 Å². The first-order valence-electron chi connectivity index (χ1n) is 25.0. The lowest BCUT2D eigenvalue weighted by molar-refractivity contribution is 0.332. The first-order valence-corrected chi connectivity index (χ1v) is 25.8. The Morgan fingerprint density at radius 1 is 0.588 bits per heavy atom. The number of hydrogen-bond acceptors (Lipinski definition) is 3. The summed E-state index contributed by atoms with van der Waals surface area (Å²) in [5.74, 6) is 0. The van der Waals surface area contributed by atoms with Crippen molar-refractivity contribution in [3.8, 4) is 27.9 Å². The number of benzene rings is 7. The van der Waals surface area contributed by atoms with E-state index in [0.717, 1.165) is 24.0 Å². The van der Waals surface area contributed by atoms with Crippen LogP contribution in [-0.2, 0) is 27.1 Å². The summed E-state index contributed by atoms with van der Waals surface area (Å²) in [6, 6.07) is 45.3. The molecule has 2 aliphatic heterocycles. The van der Waals surface area contributed by atoms with E-state index in [1.807, 2.05) is 11.3 Å². The standard InChI is InChI=1S/C63H59BN2OS/c1-59(2,3)34-21-24-36(25-22-34)66-48-32-44-39(37-17-13-15-19-43(37)63(44,11)12)30-40(48)51-52-38-18-14-16-20-49(38)67-57(52)53-41-31-45-46(62(9,10)28-27-61(45,7)8)33-47(41)65-55-42-29-35(60(4,5)6)23-26-50(42)68-58(55)64(66)54(51)56(53)65/h13-26,29-33H,27-28H2,1-12H3. The third kappa shape index (κ3) is 5.11. The Balaban J connectivity index is 1.24. The van der Waals surface area contributed by atoms with Gasteiger partial charge in [0, 0.05) is 53.4 Å². The van der Waals surface area contributed by atoms with Crippen molar-refractivity contribution in [1.82, 2.24) is 4.57 Å². The maximum absolute atomic E-state index is 7.40. The molecular formula is C63H59BN2OS. The summed E-state index contributed by atoms with van der Waals surface area (Å²) in [4.78, 5) is 2.76. The number of furan rings is 1. The second-order valence-electron chi connectivity index (χ2n) is 24.8. The Kier molecular flexibility index (Phi) is 7.70. The highest BCUT2D eigenvalue weighted by Crippen LogP contribution is 2.58. The first kappa shape index (κ1) is 41.0. The fourth-order valence-electron chi connectivity index (χ4n) is 13.4. The molecule has 0 amide bonds. The summed E-state index contributed by atoms with van der Waals surface area (Å²) in [5, 5.41) is 6.30. The molecule has 2 aliphatic carbocycles. The van der Waals surface area contributed by atoms with Gasteiger partial charge in [-0.3, -0.25) is 0 Å². The van der Waals surface area contributed by atoms with Crippen molar-refractivity contribution in [2.24, 2.45) is 0 Å². The van der Waals surface area contributed by atoms with Crippen molar-refractivity contribution in [3.63, 3.8) is 0 Å². The van der Waals surface area contributed by atoms with Crippen LogP contribution in [0.15, 0.2) is 120 Å². The minimum atomic E-state index is -0.170. The predicted molar refractivity (Wildman–Crippen MR) is 293 cm³/mol. The van der Waals surface area contributed by atoms with E-state index in [1.54, 1.807) is 0 Å². The lowest BCUT2D eigenvalue weighted by Gasteiger charge is -2.42. The second-order valence-corrected chi connectivity index (χ2v) is 25.8. The molecule has 0 unspecified atom stereocenters. The van der Waals surface area contributed by atoms with Gasteiger partial charge in [0.1, 0.15) is 11.2 Å². The largest absolute Gasteiger partial charge is 0.455 e. The molecule has 4 aliphatic rings. The third-order valence-electron chi connectivity index (χ3n) is 17.3. The lowest BCUT2D eigenvalue weighted by Crippen LogP contribution is -2.59. The highest BCUT2D eigenvalue weighted by molar-refractivity contribution is 7.32. The van der Waals surface area contributed by atoms with E-state index in [2.05, 4.69) is 208 Å². The zero-order valence-electron chi connectivity index (χ0n) is 41.7. The van der Waals surface area contributed by atoms with Crippen molar-refractivity contribution in [1.29, 1.82) is 0 Å². The van der Waals surface area contributed by atoms with E-state index in [9.17, 15) is 0 Å². The number of fused-ring (bicyclic) bond motifs is 19. The van der Waals surface area contributed by atoms with Gasteiger partial charge in [0.25, 0.3) is 0 Å². The van der Waals surface area contributed by atoms with Crippen LogP contribution in [0.2, 0.25) is 0 Å². The van der Waals surface area contributed by atoms with Gasteiger partial charge in [-0.15, -0.1) is 11.3 Å². The smallest absolute Gasteiger partial charge is 0.343 e. The van der Waals surface area contributed by atoms with Crippen LogP contribution in [0.25, 0.3) is 81.8 Å². The number of hydrogen-bond donors (Lipinski definition) is 0. The van der Waals surface area contributed by atoms with Crippen LogP contribution in [0.3, 0.4) is 0 Å². The Labute approximate surface area is 404 Å². The van der Waals surface area contributed by atoms with Crippen molar-refractivity contribution < 1.29 is 4.42 Å². The maximum atomic E-state index is 7.40. The summed E-state index contributed by atoms with van der Waals surface area (Å²) in [5.41, 5.74) is 23.4. The molecular weight excluding hydrogens is 844 g/mol. The molecule has 5 heterocycles. The van der Waals surface area contributed by atoms with Gasteiger partial charge in [-0.05, 0) is 145 Å². The van der Waals surface area contributed by atoms with E-state index < -0.39 is 0 Å². The molecule has 14 rings (SSSR count). The molecule has 0 atom stereocenters. The molecule has 68 heavy (non-hydrogen) atoms. The van der Waals surface area contributed by atoms with Crippen LogP contribution in [-0.4, -0.2) is 11.4 Å². The molecule has 10 aromatic rings. The quantitative estimate of drug-likeness (QED) is 0.153. The van der Waals surface area contributed by atoms with E-state index >= 15 is 0 Å². The number of aromatic nitrogens is 1. The van der Waals surface area contributed by atoms with Gasteiger partial charge in [0.2, 0.25) is 0 Å².